The van der Waals surface area contributed by atoms with Gasteiger partial charge in [0.05, 0.1) is 38.9 Å². The minimum atomic E-state index is -0.360. The Morgan fingerprint density at radius 2 is 1.88 bits per heavy atom. The van der Waals surface area contributed by atoms with Gasteiger partial charge >= 0.3 is 0 Å². The van der Waals surface area contributed by atoms with Crippen molar-refractivity contribution in [1.82, 2.24) is 14.8 Å². The highest BCUT2D eigenvalue weighted by molar-refractivity contribution is 7.99. The number of thioether (sulfide) groups is 1. The van der Waals surface area contributed by atoms with E-state index in [1.807, 2.05) is 4.90 Å². The Morgan fingerprint density at radius 3 is 2.59 bits per heavy atom. The summed E-state index contributed by atoms with van der Waals surface area (Å²) in [5.74, 6) is 1.31. The van der Waals surface area contributed by atoms with E-state index < -0.39 is 0 Å². The molecule has 32 heavy (non-hydrogen) atoms. The molecule has 10 heteroatoms. The summed E-state index contributed by atoms with van der Waals surface area (Å²) in [7, 11) is 3.07. The maximum Gasteiger partial charge on any atom is 0.232 e. The number of nitrogens with zero attached hydrogens (tertiary/aromatic N) is 4. The van der Waals surface area contributed by atoms with Gasteiger partial charge < -0.3 is 19.1 Å². The molecule has 0 N–H and O–H groups in total. The number of carbonyl (C=O) groups excluding carboxylic acids is 1. The van der Waals surface area contributed by atoms with Crippen LogP contribution in [-0.4, -0.2) is 66.8 Å². The topological polar surface area (TPSA) is 78.7 Å². The van der Waals surface area contributed by atoms with E-state index in [0.29, 0.717) is 60.2 Å². The van der Waals surface area contributed by atoms with Crippen LogP contribution in [0.2, 0.25) is 0 Å². The van der Waals surface area contributed by atoms with Gasteiger partial charge in [0, 0.05) is 18.7 Å². The van der Waals surface area contributed by atoms with E-state index in [0.717, 1.165) is 0 Å². The average molecular weight is 459 g/mol. The van der Waals surface area contributed by atoms with E-state index in [-0.39, 0.29) is 17.4 Å². The van der Waals surface area contributed by atoms with E-state index in [9.17, 15) is 9.18 Å². The molecule has 0 amide bonds. The number of halogens is 1. The van der Waals surface area contributed by atoms with Gasteiger partial charge in [0.1, 0.15) is 5.82 Å². The number of ketones is 1. The second-order valence-corrected chi connectivity index (χ2v) is 7.92. The normalized spacial score (nSPS) is 13.8. The lowest BCUT2D eigenvalue weighted by Gasteiger charge is -2.27. The molecule has 2 heterocycles. The summed E-state index contributed by atoms with van der Waals surface area (Å²) < 4.78 is 31.7. The van der Waals surface area contributed by atoms with Gasteiger partial charge in [-0.3, -0.25) is 9.36 Å². The molecule has 0 aliphatic carbocycles. The Balaban J connectivity index is 1.59. The quantitative estimate of drug-likeness (QED) is 0.376. The van der Waals surface area contributed by atoms with Crippen LogP contribution < -0.4 is 14.4 Å². The molecule has 0 bridgehead atoms. The van der Waals surface area contributed by atoms with Crippen molar-refractivity contribution in [2.75, 3.05) is 51.2 Å². The largest absolute Gasteiger partial charge is 0.493 e. The zero-order chi connectivity index (χ0) is 22.5. The number of aromatic nitrogens is 3. The third kappa shape index (κ3) is 4.71. The van der Waals surface area contributed by atoms with Gasteiger partial charge in [-0.05, 0) is 36.4 Å². The Kier molecular flexibility index (Phi) is 6.91. The van der Waals surface area contributed by atoms with Crippen molar-refractivity contribution in [1.29, 1.82) is 0 Å². The summed E-state index contributed by atoms with van der Waals surface area (Å²) >= 11 is 1.25. The van der Waals surface area contributed by atoms with Gasteiger partial charge in [-0.1, -0.05) is 17.8 Å². The third-order valence-electron chi connectivity index (χ3n) is 5.01. The lowest BCUT2D eigenvalue weighted by molar-refractivity contribution is 0.102. The minimum Gasteiger partial charge on any atom is -0.493 e. The summed E-state index contributed by atoms with van der Waals surface area (Å²) in [4.78, 5) is 14.9. The summed E-state index contributed by atoms with van der Waals surface area (Å²) in [6.07, 6.45) is 0. The summed E-state index contributed by atoms with van der Waals surface area (Å²) in [5.41, 5.74) is 1.10. The Labute approximate surface area is 189 Å². The molecule has 8 nitrogen and oxygen atoms in total. The molecule has 2 aromatic carbocycles. The smallest absolute Gasteiger partial charge is 0.232 e. The Hall–Kier alpha value is -3.11. The van der Waals surface area contributed by atoms with Crippen molar-refractivity contribution in [3.63, 3.8) is 0 Å². The average Bonchev–Trinajstić information content (AvgIpc) is 3.26. The Morgan fingerprint density at radius 1 is 1.09 bits per heavy atom. The zero-order valence-electron chi connectivity index (χ0n) is 17.8. The molecule has 168 valence electrons. The van der Waals surface area contributed by atoms with Crippen LogP contribution in [0.1, 0.15) is 10.4 Å². The highest BCUT2D eigenvalue weighted by Gasteiger charge is 2.23. The van der Waals surface area contributed by atoms with Crippen molar-refractivity contribution in [2.45, 2.75) is 5.16 Å². The van der Waals surface area contributed by atoms with Gasteiger partial charge in [-0.15, -0.1) is 10.2 Å². The lowest BCUT2D eigenvalue weighted by atomic mass is 10.1. The first kappa shape index (κ1) is 22.1. The van der Waals surface area contributed by atoms with Crippen LogP contribution >= 0.6 is 11.8 Å². The molecule has 1 aliphatic rings. The van der Waals surface area contributed by atoms with E-state index in [1.54, 1.807) is 42.0 Å². The molecule has 0 radical (unpaired) electrons. The van der Waals surface area contributed by atoms with Gasteiger partial charge in [0.2, 0.25) is 5.95 Å². The minimum absolute atomic E-state index is 0.0994. The van der Waals surface area contributed by atoms with Gasteiger partial charge in [-0.2, -0.15) is 0 Å². The summed E-state index contributed by atoms with van der Waals surface area (Å²) in [6.45, 7) is 2.47. The van der Waals surface area contributed by atoms with Gasteiger partial charge in [-0.25, -0.2) is 4.39 Å². The van der Waals surface area contributed by atoms with E-state index in [2.05, 4.69) is 10.2 Å². The van der Waals surface area contributed by atoms with Crippen LogP contribution in [0.25, 0.3) is 5.69 Å². The highest BCUT2D eigenvalue weighted by Crippen LogP contribution is 2.30. The van der Waals surface area contributed by atoms with Crippen molar-refractivity contribution in [3.05, 3.63) is 53.8 Å². The fraction of sp³-hybridized carbons (Fsp3) is 0.318. The molecular weight excluding hydrogens is 435 g/mol. The summed E-state index contributed by atoms with van der Waals surface area (Å²) in [5, 5.41) is 9.14. The van der Waals surface area contributed by atoms with Gasteiger partial charge in [0.15, 0.2) is 22.4 Å². The van der Waals surface area contributed by atoms with Crippen molar-refractivity contribution >= 4 is 23.5 Å². The molecule has 0 unspecified atom stereocenters. The van der Waals surface area contributed by atoms with E-state index in [4.69, 9.17) is 14.2 Å². The van der Waals surface area contributed by atoms with E-state index in [1.165, 1.54) is 31.0 Å². The van der Waals surface area contributed by atoms with Crippen molar-refractivity contribution < 1.29 is 23.4 Å². The van der Waals surface area contributed by atoms with Crippen LogP contribution in [0.4, 0.5) is 10.3 Å². The number of rotatable bonds is 8. The number of anilines is 1. The molecular formula is C22H23FN4O4S. The SMILES string of the molecule is COc1ccc(C(=O)CSc2nnc(N3CCOCC3)n2-c2cccc(F)c2)cc1OC. The maximum atomic E-state index is 14.0. The Bertz CT molecular complexity index is 1100. The molecule has 1 saturated heterocycles. The number of ether oxygens (including phenoxy) is 3. The van der Waals surface area contributed by atoms with Crippen LogP contribution in [0.3, 0.4) is 0 Å². The van der Waals surface area contributed by atoms with Crippen LogP contribution in [-0.2, 0) is 4.74 Å². The first-order valence-corrected chi connectivity index (χ1v) is 11.0. The molecule has 1 aromatic heterocycles. The number of Topliss-reactive ketones (excluding diaryl/α,β-unsaturated/α-hetero) is 1. The number of carbonyl (C=O) groups is 1. The van der Waals surface area contributed by atoms with Crippen LogP contribution in [0.15, 0.2) is 47.6 Å². The molecule has 3 aromatic rings. The number of benzene rings is 2. The molecule has 0 spiro atoms. The first-order valence-electron chi connectivity index (χ1n) is 10.0. The number of methoxy groups -OCH3 is 2. The number of hydrogen-bond donors (Lipinski definition) is 0. The van der Waals surface area contributed by atoms with Crippen molar-refractivity contribution in [3.8, 4) is 17.2 Å². The fourth-order valence-corrected chi connectivity index (χ4v) is 4.23. The molecule has 1 aliphatic heterocycles. The third-order valence-corrected chi connectivity index (χ3v) is 5.94. The first-order chi connectivity index (χ1) is 15.6. The fourth-order valence-electron chi connectivity index (χ4n) is 3.39. The van der Waals surface area contributed by atoms with E-state index >= 15 is 0 Å². The second kappa shape index (κ2) is 10.0. The highest BCUT2D eigenvalue weighted by atomic mass is 32.2. The van der Waals surface area contributed by atoms with Crippen molar-refractivity contribution in [2.24, 2.45) is 0 Å². The lowest BCUT2D eigenvalue weighted by Crippen LogP contribution is -2.37. The maximum absolute atomic E-state index is 14.0. The second-order valence-electron chi connectivity index (χ2n) is 6.98. The predicted molar refractivity (Wildman–Crippen MR) is 119 cm³/mol. The molecule has 0 atom stereocenters. The predicted octanol–water partition coefficient (Wildman–Crippen LogP) is 3.24. The number of hydrogen-bond acceptors (Lipinski definition) is 8. The molecule has 0 saturated carbocycles. The van der Waals surface area contributed by atoms with Gasteiger partial charge in [0.25, 0.3) is 0 Å². The monoisotopic (exact) mass is 458 g/mol. The van der Waals surface area contributed by atoms with Crippen LogP contribution in [0.5, 0.6) is 11.5 Å². The molecule has 4 rings (SSSR count). The number of morpholine rings is 1. The zero-order valence-corrected chi connectivity index (χ0v) is 18.6. The molecule has 1 fully saturated rings. The standard InChI is InChI=1S/C22H23FN4O4S/c1-29-19-7-6-15(12-20(19)30-2)18(28)14-32-22-25-24-21(26-8-10-31-11-9-26)27(22)17-5-3-4-16(23)13-17/h3-7,12-13H,8-11,14H2,1-2H3. The summed E-state index contributed by atoms with van der Waals surface area (Å²) in [6, 6.07) is 11.3. The van der Waals surface area contributed by atoms with Crippen LogP contribution in [0, 0.1) is 5.82 Å².